The molecule has 0 saturated heterocycles. The average Bonchev–Trinajstić information content (AvgIpc) is 3.01. The predicted molar refractivity (Wildman–Crippen MR) is 93.2 cm³/mol. The lowest BCUT2D eigenvalue weighted by molar-refractivity contribution is -0.128. The zero-order valence-corrected chi connectivity index (χ0v) is 14.5. The van der Waals surface area contributed by atoms with Crippen LogP contribution in [0.1, 0.15) is 37.7 Å². The van der Waals surface area contributed by atoms with Crippen molar-refractivity contribution in [1.29, 1.82) is 0 Å². The van der Waals surface area contributed by atoms with E-state index in [1.807, 2.05) is 18.2 Å². The summed E-state index contributed by atoms with van der Waals surface area (Å²) in [6.45, 7) is 0.743. The molecule has 3 N–H and O–H groups in total. The number of carbonyl (C=O) groups is 1. The van der Waals surface area contributed by atoms with Gasteiger partial charge in [-0.15, -0.1) is 12.4 Å². The Labute approximate surface area is 148 Å². The average molecular weight is 353 g/mol. The van der Waals surface area contributed by atoms with Gasteiger partial charge in [0.05, 0.1) is 0 Å². The van der Waals surface area contributed by atoms with E-state index in [9.17, 15) is 4.79 Å². The first kappa shape index (κ1) is 17.4. The van der Waals surface area contributed by atoms with Crippen LogP contribution in [0.5, 0.6) is 11.5 Å². The number of nitrogens with one attached hydrogen (secondary N) is 1. The second kappa shape index (κ2) is 7.19. The number of para-hydroxylation sites is 1. The number of benzene rings is 1. The first-order valence-corrected chi connectivity index (χ1v) is 8.63. The number of rotatable bonds is 3. The maximum absolute atomic E-state index is 12.6. The number of halogens is 1. The van der Waals surface area contributed by atoms with Crippen LogP contribution in [0.4, 0.5) is 0 Å². The Morgan fingerprint density at radius 1 is 1.21 bits per heavy atom. The largest absolute Gasteiger partial charge is 0.454 e. The molecule has 0 spiro atoms. The number of carbonyl (C=O) groups excluding carboxylic acids is 1. The van der Waals surface area contributed by atoms with Gasteiger partial charge in [0.15, 0.2) is 11.5 Å². The van der Waals surface area contributed by atoms with Crippen molar-refractivity contribution in [1.82, 2.24) is 5.32 Å². The van der Waals surface area contributed by atoms with Crippen LogP contribution >= 0.6 is 12.4 Å². The number of fused-ring (bicyclic) bond motifs is 3. The molecule has 2 unspecified atom stereocenters. The normalized spacial score (nSPS) is 30.4. The van der Waals surface area contributed by atoms with Crippen molar-refractivity contribution in [3.63, 3.8) is 0 Å². The molecule has 3 aliphatic rings. The van der Waals surface area contributed by atoms with Crippen molar-refractivity contribution in [3.8, 4) is 11.5 Å². The van der Waals surface area contributed by atoms with Gasteiger partial charge in [0.25, 0.3) is 0 Å². The molecule has 0 aromatic heterocycles. The molecule has 2 bridgehead atoms. The van der Waals surface area contributed by atoms with Crippen LogP contribution in [0.2, 0.25) is 0 Å². The molecule has 0 radical (unpaired) electrons. The van der Waals surface area contributed by atoms with Gasteiger partial charge in [-0.25, -0.2) is 0 Å². The molecule has 1 aromatic carbocycles. The summed E-state index contributed by atoms with van der Waals surface area (Å²) in [6.07, 6.45) is 5.51. The van der Waals surface area contributed by atoms with Crippen molar-refractivity contribution in [2.75, 3.05) is 6.79 Å². The lowest BCUT2D eigenvalue weighted by atomic mass is 9.65. The second-order valence-electron chi connectivity index (χ2n) is 7.07. The van der Waals surface area contributed by atoms with Crippen LogP contribution < -0.4 is 20.5 Å². The van der Waals surface area contributed by atoms with Crippen LogP contribution in [0, 0.1) is 17.8 Å². The molecule has 1 aliphatic heterocycles. The van der Waals surface area contributed by atoms with Crippen molar-refractivity contribution in [3.05, 3.63) is 23.8 Å². The molecule has 6 heteroatoms. The number of amides is 1. The standard InChI is InChI=1S/C18H24N2O3.ClH/c19-16-11-3-1-4-12(16)8-14(7-11)18(21)20-9-13-5-2-6-15-17(13)23-10-22-15;/h2,5-6,11-12,14,16H,1,3-4,7-10,19H2,(H,20,21);1H. The zero-order valence-electron chi connectivity index (χ0n) is 13.7. The molecule has 2 saturated carbocycles. The van der Waals surface area contributed by atoms with Crippen LogP contribution in [0.25, 0.3) is 0 Å². The summed E-state index contributed by atoms with van der Waals surface area (Å²) in [4.78, 5) is 12.6. The Balaban J connectivity index is 0.00000169. The zero-order chi connectivity index (χ0) is 15.8. The molecule has 132 valence electrons. The molecule has 2 atom stereocenters. The minimum Gasteiger partial charge on any atom is -0.454 e. The van der Waals surface area contributed by atoms with Crippen LogP contribution in [-0.2, 0) is 11.3 Å². The summed E-state index contributed by atoms with van der Waals surface area (Å²) in [5.41, 5.74) is 7.28. The maximum atomic E-state index is 12.6. The maximum Gasteiger partial charge on any atom is 0.231 e. The lowest BCUT2D eigenvalue weighted by Crippen LogP contribution is -2.49. The van der Waals surface area contributed by atoms with E-state index in [0.717, 1.165) is 29.9 Å². The van der Waals surface area contributed by atoms with E-state index in [-0.39, 0.29) is 31.0 Å². The second-order valence-corrected chi connectivity index (χ2v) is 7.07. The van der Waals surface area contributed by atoms with Crippen LogP contribution in [-0.4, -0.2) is 18.7 Å². The van der Waals surface area contributed by atoms with E-state index < -0.39 is 0 Å². The van der Waals surface area contributed by atoms with Gasteiger partial charge >= 0.3 is 0 Å². The highest BCUT2D eigenvalue weighted by Gasteiger charge is 2.40. The molecule has 2 aliphatic carbocycles. The fraction of sp³-hybridized carbons (Fsp3) is 0.611. The summed E-state index contributed by atoms with van der Waals surface area (Å²) in [6, 6.07) is 6.09. The van der Waals surface area contributed by atoms with E-state index in [4.69, 9.17) is 15.2 Å². The molecule has 4 rings (SSSR count). The molecular formula is C18H25ClN2O3. The van der Waals surface area contributed by atoms with Gasteiger partial charge in [-0.2, -0.15) is 0 Å². The Bertz CT molecular complexity index is 596. The van der Waals surface area contributed by atoms with Gasteiger partial charge in [-0.05, 0) is 43.6 Å². The molecule has 5 nitrogen and oxygen atoms in total. The number of ether oxygens (including phenoxy) is 2. The highest BCUT2D eigenvalue weighted by atomic mass is 35.5. The Morgan fingerprint density at radius 2 is 1.96 bits per heavy atom. The third-order valence-corrected chi connectivity index (χ3v) is 5.72. The van der Waals surface area contributed by atoms with Gasteiger partial charge < -0.3 is 20.5 Å². The number of hydrogen-bond acceptors (Lipinski definition) is 4. The Kier molecular flexibility index (Phi) is 5.21. The van der Waals surface area contributed by atoms with Crippen molar-refractivity contribution in [2.24, 2.45) is 23.5 Å². The summed E-state index contributed by atoms with van der Waals surface area (Å²) in [7, 11) is 0. The van der Waals surface area contributed by atoms with E-state index in [1.165, 1.54) is 19.3 Å². The van der Waals surface area contributed by atoms with Crippen molar-refractivity contribution < 1.29 is 14.3 Å². The van der Waals surface area contributed by atoms with Gasteiger partial charge in [0.2, 0.25) is 12.7 Å². The molecule has 1 amide bonds. The Hall–Kier alpha value is -1.46. The fourth-order valence-electron chi connectivity index (χ4n) is 4.46. The highest BCUT2D eigenvalue weighted by molar-refractivity contribution is 5.85. The summed E-state index contributed by atoms with van der Waals surface area (Å²) in [5.74, 6) is 2.83. The van der Waals surface area contributed by atoms with Gasteiger partial charge in [0.1, 0.15) is 0 Å². The van der Waals surface area contributed by atoms with Crippen molar-refractivity contribution in [2.45, 2.75) is 44.7 Å². The van der Waals surface area contributed by atoms with Gasteiger partial charge in [0, 0.05) is 24.1 Å². The molecule has 24 heavy (non-hydrogen) atoms. The smallest absolute Gasteiger partial charge is 0.231 e. The first-order chi connectivity index (χ1) is 11.2. The highest BCUT2D eigenvalue weighted by Crippen LogP contribution is 2.42. The molecule has 1 aromatic rings. The third kappa shape index (κ3) is 3.20. The van der Waals surface area contributed by atoms with E-state index in [1.54, 1.807) is 0 Å². The molecular weight excluding hydrogens is 328 g/mol. The summed E-state index contributed by atoms with van der Waals surface area (Å²) < 4.78 is 10.9. The molecule has 2 fully saturated rings. The fourth-order valence-corrected chi connectivity index (χ4v) is 4.46. The summed E-state index contributed by atoms with van der Waals surface area (Å²) >= 11 is 0. The minimum atomic E-state index is 0. The monoisotopic (exact) mass is 352 g/mol. The Morgan fingerprint density at radius 3 is 2.71 bits per heavy atom. The van der Waals surface area contributed by atoms with Gasteiger partial charge in [-0.1, -0.05) is 18.6 Å². The third-order valence-electron chi connectivity index (χ3n) is 5.72. The topological polar surface area (TPSA) is 73.6 Å². The lowest BCUT2D eigenvalue weighted by Gasteiger charge is -2.43. The SMILES string of the molecule is Cl.NC1C2CCCC1CC(C(=O)NCc1cccc3c1OCO3)C2. The quantitative estimate of drug-likeness (QED) is 0.877. The van der Waals surface area contributed by atoms with E-state index >= 15 is 0 Å². The van der Waals surface area contributed by atoms with E-state index in [0.29, 0.717) is 24.4 Å². The minimum absolute atomic E-state index is 0. The first-order valence-electron chi connectivity index (χ1n) is 8.63. The number of hydrogen-bond donors (Lipinski definition) is 2. The predicted octanol–water partition coefficient (Wildman–Crippen LogP) is 2.61. The van der Waals surface area contributed by atoms with E-state index in [2.05, 4.69) is 5.32 Å². The van der Waals surface area contributed by atoms with Crippen molar-refractivity contribution >= 4 is 18.3 Å². The number of nitrogens with two attached hydrogens (primary N) is 1. The molecule has 1 heterocycles. The van der Waals surface area contributed by atoms with Gasteiger partial charge in [-0.3, -0.25) is 4.79 Å². The van der Waals surface area contributed by atoms with Crippen LogP contribution in [0.15, 0.2) is 18.2 Å². The summed E-state index contributed by atoms with van der Waals surface area (Å²) in [5, 5.41) is 3.09. The van der Waals surface area contributed by atoms with Crippen LogP contribution in [0.3, 0.4) is 0 Å².